The maximum Gasteiger partial charge on any atom is 0.342 e. The fraction of sp³-hybridized carbons (Fsp3) is 0.111. The van der Waals surface area contributed by atoms with Crippen molar-refractivity contribution in [2.45, 2.75) is 12.1 Å². The fourth-order valence-electron chi connectivity index (χ4n) is 2.15. The molecule has 0 unspecified atom stereocenters. The van der Waals surface area contributed by atoms with Gasteiger partial charge in [-0.3, -0.25) is 0 Å². The number of aliphatic carboxylic acids is 1. The molecule has 7 heteroatoms. The average Bonchev–Trinajstić information content (AvgIpc) is 2.99. The molecule has 1 heterocycles. The Bertz CT molecular complexity index is 918. The summed E-state index contributed by atoms with van der Waals surface area (Å²) in [6, 6.07) is 12.4. The van der Waals surface area contributed by atoms with Crippen LogP contribution in [0.4, 0.5) is 0 Å². The van der Waals surface area contributed by atoms with Crippen LogP contribution in [-0.2, 0) is 4.79 Å². The van der Waals surface area contributed by atoms with Gasteiger partial charge >= 0.3 is 5.97 Å². The van der Waals surface area contributed by atoms with Gasteiger partial charge in [-0.1, -0.05) is 29.8 Å². The summed E-state index contributed by atoms with van der Waals surface area (Å²) in [6.07, 6.45) is 1.52. The second kappa shape index (κ2) is 7.63. The van der Waals surface area contributed by atoms with Crippen LogP contribution in [0, 0.1) is 0 Å². The van der Waals surface area contributed by atoms with E-state index in [-0.39, 0.29) is 10.1 Å². The molecule has 1 aromatic heterocycles. The van der Waals surface area contributed by atoms with E-state index in [1.807, 2.05) is 19.1 Å². The van der Waals surface area contributed by atoms with Crippen molar-refractivity contribution in [1.29, 1.82) is 0 Å². The van der Waals surface area contributed by atoms with Crippen molar-refractivity contribution in [3.63, 3.8) is 0 Å². The highest BCUT2D eigenvalue weighted by molar-refractivity contribution is 8.03. The predicted octanol–water partition coefficient (Wildman–Crippen LogP) is 5.10. The number of halogens is 1. The van der Waals surface area contributed by atoms with Gasteiger partial charge in [-0.25, -0.2) is 9.78 Å². The normalized spacial score (nSPS) is 11.7. The average molecular weight is 376 g/mol. The molecule has 5 nitrogen and oxygen atoms in total. The summed E-state index contributed by atoms with van der Waals surface area (Å²) < 4.78 is 10.9. The Morgan fingerprint density at radius 2 is 2.16 bits per heavy atom. The summed E-state index contributed by atoms with van der Waals surface area (Å²) in [6.45, 7) is 2.37. The van der Waals surface area contributed by atoms with E-state index in [0.717, 1.165) is 11.8 Å². The van der Waals surface area contributed by atoms with E-state index in [0.29, 0.717) is 34.0 Å². The number of thioether (sulfide) groups is 1. The second-order valence-electron chi connectivity index (χ2n) is 4.99. The molecule has 3 rings (SSSR count). The molecule has 0 spiro atoms. The second-order valence-corrected chi connectivity index (χ2v) is 6.39. The largest absolute Gasteiger partial charge is 0.492 e. The molecular weight excluding hydrogens is 362 g/mol. The highest BCUT2D eigenvalue weighted by Crippen LogP contribution is 2.32. The number of aromatic nitrogens is 1. The molecule has 0 saturated heterocycles. The van der Waals surface area contributed by atoms with Gasteiger partial charge in [0.1, 0.15) is 16.2 Å². The lowest BCUT2D eigenvalue weighted by atomic mass is 10.2. The molecule has 0 aliphatic rings. The number of fused-ring (bicyclic) bond motifs is 1. The Balaban J connectivity index is 1.88. The maximum absolute atomic E-state index is 11.6. The van der Waals surface area contributed by atoms with Crippen molar-refractivity contribution in [2.24, 2.45) is 0 Å². The predicted molar refractivity (Wildman–Crippen MR) is 98.1 cm³/mol. The van der Waals surface area contributed by atoms with E-state index < -0.39 is 5.97 Å². The summed E-state index contributed by atoms with van der Waals surface area (Å²) in [4.78, 5) is 15.9. The number of carbonyl (C=O) groups is 1. The number of benzene rings is 2. The van der Waals surface area contributed by atoms with Gasteiger partial charge in [-0.05, 0) is 54.6 Å². The number of nitrogens with zero attached hydrogens (tertiary/aromatic N) is 1. The number of oxazole rings is 1. The van der Waals surface area contributed by atoms with Crippen LogP contribution >= 0.6 is 23.4 Å². The lowest BCUT2D eigenvalue weighted by molar-refractivity contribution is -0.131. The first-order chi connectivity index (χ1) is 12.1. The number of hydrogen-bond acceptors (Lipinski definition) is 5. The molecule has 128 valence electrons. The highest BCUT2D eigenvalue weighted by atomic mass is 35.5. The molecule has 0 atom stereocenters. The fourth-order valence-corrected chi connectivity index (χ4v) is 3.14. The van der Waals surface area contributed by atoms with Crippen LogP contribution in [0.5, 0.6) is 5.75 Å². The Morgan fingerprint density at radius 3 is 2.84 bits per heavy atom. The molecule has 25 heavy (non-hydrogen) atoms. The van der Waals surface area contributed by atoms with Gasteiger partial charge in [-0.2, -0.15) is 0 Å². The van der Waals surface area contributed by atoms with E-state index in [1.165, 1.54) is 6.08 Å². The van der Waals surface area contributed by atoms with Crippen LogP contribution in [0.3, 0.4) is 0 Å². The first-order valence-electron chi connectivity index (χ1n) is 7.47. The van der Waals surface area contributed by atoms with Crippen LogP contribution in [0.1, 0.15) is 12.5 Å². The first kappa shape index (κ1) is 17.4. The van der Waals surface area contributed by atoms with E-state index in [1.54, 1.807) is 30.3 Å². The Labute approximate surface area is 153 Å². The van der Waals surface area contributed by atoms with Gasteiger partial charge < -0.3 is 14.3 Å². The highest BCUT2D eigenvalue weighted by Gasteiger charge is 2.15. The third kappa shape index (κ3) is 4.15. The minimum Gasteiger partial charge on any atom is -0.492 e. The minimum atomic E-state index is -1.07. The topological polar surface area (TPSA) is 72.6 Å². The summed E-state index contributed by atoms with van der Waals surface area (Å²) >= 11 is 7.09. The molecule has 0 fully saturated rings. The Morgan fingerprint density at radius 1 is 1.36 bits per heavy atom. The van der Waals surface area contributed by atoms with Crippen LogP contribution in [-0.4, -0.2) is 22.7 Å². The first-order valence-corrected chi connectivity index (χ1v) is 8.67. The van der Waals surface area contributed by atoms with Gasteiger partial charge in [0.05, 0.1) is 11.6 Å². The number of rotatable bonds is 6. The van der Waals surface area contributed by atoms with Crippen LogP contribution in [0.15, 0.2) is 57.0 Å². The van der Waals surface area contributed by atoms with Gasteiger partial charge in [0.25, 0.3) is 5.22 Å². The smallest absolute Gasteiger partial charge is 0.342 e. The van der Waals surface area contributed by atoms with Crippen molar-refractivity contribution < 1.29 is 19.1 Å². The van der Waals surface area contributed by atoms with E-state index >= 15 is 0 Å². The molecule has 1 N–H and O–H groups in total. The lowest BCUT2D eigenvalue weighted by Crippen LogP contribution is -1.97. The third-order valence-electron chi connectivity index (χ3n) is 3.24. The summed E-state index contributed by atoms with van der Waals surface area (Å²) in [5.41, 5.74) is 1.94. The zero-order valence-electron chi connectivity index (χ0n) is 13.2. The van der Waals surface area contributed by atoms with Gasteiger partial charge in [0, 0.05) is 0 Å². The van der Waals surface area contributed by atoms with E-state index in [4.69, 9.17) is 20.8 Å². The van der Waals surface area contributed by atoms with Crippen molar-refractivity contribution in [3.05, 3.63) is 58.0 Å². The van der Waals surface area contributed by atoms with Crippen molar-refractivity contribution in [1.82, 2.24) is 4.98 Å². The molecule has 0 aliphatic carbocycles. The monoisotopic (exact) mass is 375 g/mol. The number of hydrogen-bond donors (Lipinski definition) is 1. The molecule has 2 aromatic carbocycles. The Kier molecular flexibility index (Phi) is 5.31. The van der Waals surface area contributed by atoms with Gasteiger partial charge in [0.15, 0.2) is 5.58 Å². The number of carboxylic acid groups (broad SMARTS) is 1. The SMILES string of the molecule is CCOc1ccc(/C=C(\Sc2nc3ccccc3o2)C(=O)O)cc1Cl. The Hall–Kier alpha value is -2.44. The van der Waals surface area contributed by atoms with Crippen molar-refractivity contribution in [2.75, 3.05) is 6.61 Å². The number of carboxylic acids is 1. The minimum absolute atomic E-state index is 0.0757. The number of para-hydroxylation sites is 2. The summed E-state index contributed by atoms with van der Waals surface area (Å²) in [5.74, 6) is -0.512. The summed E-state index contributed by atoms with van der Waals surface area (Å²) in [5, 5.41) is 10.2. The zero-order chi connectivity index (χ0) is 17.8. The van der Waals surface area contributed by atoms with E-state index in [9.17, 15) is 9.90 Å². The zero-order valence-corrected chi connectivity index (χ0v) is 14.8. The molecule has 0 radical (unpaired) electrons. The van der Waals surface area contributed by atoms with Crippen molar-refractivity contribution >= 4 is 46.5 Å². The van der Waals surface area contributed by atoms with Gasteiger partial charge in [-0.15, -0.1) is 0 Å². The molecule has 0 amide bonds. The molecule has 3 aromatic rings. The molecule has 0 saturated carbocycles. The summed E-state index contributed by atoms with van der Waals surface area (Å²) in [7, 11) is 0. The van der Waals surface area contributed by atoms with Gasteiger partial charge in [0.2, 0.25) is 0 Å². The quantitative estimate of drug-likeness (QED) is 0.477. The van der Waals surface area contributed by atoms with Crippen molar-refractivity contribution in [3.8, 4) is 5.75 Å². The lowest BCUT2D eigenvalue weighted by Gasteiger charge is -2.06. The number of ether oxygens (including phenoxy) is 1. The van der Waals surface area contributed by atoms with Crippen LogP contribution < -0.4 is 4.74 Å². The van der Waals surface area contributed by atoms with Crippen LogP contribution in [0.2, 0.25) is 5.02 Å². The third-order valence-corrected chi connectivity index (χ3v) is 4.39. The standard InChI is InChI=1S/C18H14ClNO4S/c1-2-23-14-8-7-11(9-12(14)19)10-16(17(21)22)25-18-20-13-5-3-4-6-15(13)24-18/h3-10H,2H2,1H3,(H,21,22)/b16-10-. The molecule has 0 aliphatic heterocycles. The van der Waals surface area contributed by atoms with Crippen LogP contribution in [0.25, 0.3) is 17.2 Å². The molecule has 0 bridgehead atoms. The molecular formula is C18H14ClNO4S. The van der Waals surface area contributed by atoms with E-state index in [2.05, 4.69) is 4.98 Å². The maximum atomic E-state index is 11.6.